The first-order valence-electron chi connectivity index (χ1n) is 16.3. The van der Waals surface area contributed by atoms with E-state index in [-0.39, 0.29) is 17.1 Å². The van der Waals surface area contributed by atoms with Crippen molar-refractivity contribution in [2.45, 2.75) is 58.2 Å². The first kappa shape index (κ1) is 32.1. The molecule has 1 fully saturated rings. The van der Waals surface area contributed by atoms with Crippen LogP contribution >= 0.6 is 0 Å². The van der Waals surface area contributed by atoms with E-state index in [4.69, 9.17) is 14.2 Å². The van der Waals surface area contributed by atoms with Gasteiger partial charge in [0.05, 0.1) is 26.4 Å². The van der Waals surface area contributed by atoms with Crippen molar-refractivity contribution >= 4 is 0 Å². The number of benzene rings is 4. The van der Waals surface area contributed by atoms with Crippen LogP contribution in [0.15, 0.2) is 84.9 Å². The SMILES string of the molecule is CCC1(COCCCCCCOc2ccc(-c3ccc4c(c3)C(C)c3cc(-c5ccc(OC(F)(F)F)cc5)ccc3-4)cc2)COC1. The van der Waals surface area contributed by atoms with Crippen LogP contribution in [0.4, 0.5) is 13.2 Å². The van der Waals surface area contributed by atoms with E-state index in [9.17, 15) is 13.2 Å². The zero-order chi connectivity index (χ0) is 32.1. The number of rotatable bonds is 14. The molecule has 242 valence electrons. The minimum atomic E-state index is -4.70. The van der Waals surface area contributed by atoms with Gasteiger partial charge in [-0.05, 0) is 107 Å². The smallest absolute Gasteiger partial charge is 0.494 e. The molecule has 4 nitrogen and oxygen atoms in total. The molecule has 4 aromatic carbocycles. The molecule has 1 saturated heterocycles. The highest BCUT2D eigenvalue weighted by atomic mass is 19.4. The van der Waals surface area contributed by atoms with E-state index in [1.54, 1.807) is 12.1 Å². The number of unbranched alkanes of at least 4 members (excludes halogenated alkanes) is 3. The molecule has 0 bridgehead atoms. The number of hydrogen-bond donors (Lipinski definition) is 0. The Kier molecular flexibility index (Phi) is 9.71. The molecule has 1 unspecified atom stereocenters. The molecule has 4 aromatic rings. The van der Waals surface area contributed by atoms with Crippen molar-refractivity contribution < 1.29 is 32.1 Å². The Labute approximate surface area is 269 Å². The van der Waals surface area contributed by atoms with Crippen LogP contribution < -0.4 is 9.47 Å². The molecule has 1 aliphatic heterocycles. The van der Waals surface area contributed by atoms with Crippen molar-refractivity contribution in [2.75, 3.05) is 33.0 Å². The van der Waals surface area contributed by atoms with Gasteiger partial charge in [0.1, 0.15) is 11.5 Å². The highest BCUT2D eigenvalue weighted by molar-refractivity contribution is 5.84. The fourth-order valence-corrected chi connectivity index (χ4v) is 6.37. The van der Waals surface area contributed by atoms with Crippen molar-refractivity contribution in [1.29, 1.82) is 0 Å². The second-order valence-corrected chi connectivity index (χ2v) is 12.6. The minimum Gasteiger partial charge on any atom is -0.494 e. The van der Waals surface area contributed by atoms with Crippen LogP contribution in [-0.4, -0.2) is 39.4 Å². The lowest BCUT2D eigenvalue weighted by Gasteiger charge is -2.40. The summed E-state index contributed by atoms with van der Waals surface area (Å²) in [6.07, 6.45) is 0.796. The highest BCUT2D eigenvalue weighted by Crippen LogP contribution is 2.47. The number of fused-ring (bicyclic) bond motifs is 3. The summed E-state index contributed by atoms with van der Waals surface area (Å²) >= 11 is 0. The molecule has 0 radical (unpaired) electrons. The highest BCUT2D eigenvalue weighted by Gasteiger charge is 2.37. The molecule has 0 saturated carbocycles. The van der Waals surface area contributed by atoms with Gasteiger partial charge in [0.15, 0.2) is 0 Å². The summed E-state index contributed by atoms with van der Waals surface area (Å²) in [6, 6.07) is 27.2. The predicted molar refractivity (Wildman–Crippen MR) is 175 cm³/mol. The normalized spacial score (nSPS) is 16.4. The van der Waals surface area contributed by atoms with Gasteiger partial charge >= 0.3 is 6.36 Å². The van der Waals surface area contributed by atoms with E-state index in [1.165, 1.54) is 34.4 Å². The van der Waals surface area contributed by atoms with E-state index in [0.29, 0.717) is 6.61 Å². The fourth-order valence-electron chi connectivity index (χ4n) is 6.37. The van der Waals surface area contributed by atoms with E-state index in [2.05, 4.69) is 61.0 Å². The number of ether oxygens (including phenoxy) is 4. The van der Waals surface area contributed by atoms with Crippen LogP contribution in [0.25, 0.3) is 33.4 Å². The summed E-state index contributed by atoms with van der Waals surface area (Å²) in [7, 11) is 0. The first-order valence-corrected chi connectivity index (χ1v) is 16.3. The molecule has 2 aliphatic rings. The van der Waals surface area contributed by atoms with Crippen LogP contribution in [0.3, 0.4) is 0 Å². The average Bonchev–Trinajstić information content (AvgIpc) is 3.31. The van der Waals surface area contributed by atoms with E-state index in [1.807, 2.05) is 18.2 Å². The third kappa shape index (κ3) is 7.42. The summed E-state index contributed by atoms with van der Waals surface area (Å²) < 4.78 is 58.9. The first-order chi connectivity index (χ1) is 22.2. The lowest BCUT2D eigenvalue weighted by Crippen LogP contribution is -2.45. The standard InChI is InChI=1S/C39H41F3O4/c1-3-38(25-44-26-38)24-43-20-6-4-5-7-21-45-32-14-8-28(9-15-32)30-12-18-34-35-19-13-31(23-37(35)27(2)36(34)22-30)29-10-16-33(17-11-29)46-39(40,41)42/h8-19,22-23,27H,3-7,20-21,24-26H2,1-2H3. The minimum absolute atomic E-state index is 0.192. The summed E-state index contributed by atoms with van der Waals surface area (Å²) in [5.74, 6) is 0.850. The van der Waals surface area contributed by atoms with Crippen LogP contribution in [0.2, 0.25) is 0 Å². The maximum Gasteiger partial charge on any atom is 0.573 e. The van der Waals surface area contributed by atoms with Crippen molar-refractivity contribution in [3.8, 4) is 44.9 Å². The quantitative estimate of drug-likeness (QED) is 0.130. The maximum atomic E-state index is 12.6. The van der Waals surface area contributed by atoms with Crippen molar-refractivity contribution in [2.24, 2.45) is 5.41 Å². The maximum absolute atomic E-state index is 12.6. The molecule has 0 aromatic heterocycles. The third-order valence-corrected chi connectivity index (χ3v) is 9.36. The molecule has 6 rings (SSSR count). The number of alkyl halides is 3. The molecule has 0 spiro atoms. The van der Waals surface area contributed by atoms with Crippen LogP contribution in [0, 0.1) is 5.41 Å². The molecule has 1 atom stereocenters. The van der Waals surface area contributed by atoms with Gasteiger partial charge in [0, 0.05) is 17.9 Å². The molecular formula is C39H41F3O4. The van der Waals surface area contributed by atoms with Gasteiger partial charge in [0.25, 0.3) is 0 Å². The summed E-state index contributed by atoms with van der Waals surface area (Å²) in [6.45, 7) is 8.42. The molecule has 1 heterocycles. The Morgan fingerprint density at radius 2 is 1.22 bits per heavy atom. The molecule has 1 aliphatic carbocycles. The zero-order valence-electron chi connectivity index (χ0n) is 26.5. The molecule has 0 amide bonds. The monoisotopic (exact) mass is 630 g/mol. The van der Waals surface area contributed by atoms with Gasteiger partial charge in [-0.2, -0.15) is 0 Å². The largest absolute Gasteiger partial charge is 0.573 e. The third-order valence-electron chi connectivity index (χ3n) is 9.36. The zero-order valence-corrected chi connectivity index (χ0v) is 26.5. The van der Waals surface area contributed by atoms with E-state index >= 15 is 0 Å². The van der Waals surface area contributed by atoms with E-state index < -0.39 is 6.36 Å². The van der Waals surface area contributed by atoms with Crippen molar-refractivity contribution in [3.63, 3.8) is 0 Å². The average molecular weight is 631 g/mol. The molecular weight excluding hydrogens is 589 g/mol. The van der Waals surface area contributed by atoms with Crippen LogP contribution in [0.1, 0.15) is 63.0 Å². The topological polar surface area (TPSA) is 36.9 Å². The van der Waals surface area contributed by atoms with Gasteiger partial charge < -0.3 is 18.9 Å². The second kappa shape index (κ2) is 13.9. The Bertz CT molecular complexity index is 1600. The molecule has 46 heavy (non-hydrogen) atoms. The Balaban J connectivity index is 0.992. The van der Waals surface area contributed by atoms with Gasteiger partial charge in [-0.25, -0.2) is 0 Å². The Hall–Kier alpha value is -3.81. The van der Waals surface area contributed by atoms with Gasteiger partial charge in [-0.3, -0.25) is 0 Å². The van der Waals surface area contributed by atoms with Crippen LogP contribution in [-0.2, 0) is 9.47 Å². The number of halogens is 3. The fraction of sp³-hybridized carbons (Fsp3) is 0.385. The van der Waals surface area contributed by atoms with Crippen LogP contribution in [0.5, 0.6) is 11.5 Å². The van der Waals surface area contributed by atoms with Crippen molar-refractivity contribution in [1.82, 2.24) is 0 Å². The molecule has 0 N–H and O–H groups in total. The van der Waals surface area contributed by atoms with E-state index in [0.717, 1.165) is 86.5 Å². The predicted octanol–water partition coefficient (Wildman–Crippen LogP) is 10.4. The Morgan fingerprint density at radius 3 is 1.72 bits per heavy atom. The number of hydrogen-bond acceptors (Lipinski definition) is 4. The second-order valence-electron chi connectivity index (χ2n) is 12.6. The lowest BCUT2D eigenvalue weighted by molar-refractivity contribution is -0.274. The summed E-state index contributed by atoms with van der Waals surface area (Å²) in [4.78, 5) is 0. The lowest BCUT2D eigenvalue weighted by atomic mass is 9.84. The molecule has 7 heteroatoms. The van der Waals surface area contributed by atoms with Crippen molar-refractivity contribution in [3.05, 3.63) is 96.1 Å². The Morgan fingerprint density at radius 1 is 0.696 bits per heavy atom. The summed E-state index contributed by atoms with van der Waals surface area (Å²) in [5.41, 5.74) is 9.25. The summed E-state index contributed by atoms with van der Waals surface area (Å²) in [5, 5.41) is 0. The van der Waals surface area contributed by atoms with Gasteiger partial charge in [-0.1, -0.05) is 68.8 Å². The van der Waals surface area contributed by atoms with Gasteiger partial charge in [-0.15, -0.1) is 13.2 Å². The van der Waals surface area contributed by atoms with Gasteiger partial charge in [0.2, 0.25) is 0 Å².